The molecule has 0 saturated carbocycles. The zero-order valence-corrected chi connectivity index (χ0v) is 9.53. The Kier molecular flexibility index (Phi) is 2.79. The Labute approximate surface area is 84.8 Å². The van der Waals surface area contributed by atoms with Gasteiger partial charge >= 0.3 is 0 Å². The third kappa shape index (κ3) is 2.22. The minimum Gasteiger partial charge on any atom is -0.310 e. The van der Waals surface area contributed by atoms with Crippen LogP contribution in [-0.4, -0.2) is 9.55 Å². The van der Waals surface area contributed by atoms with Crippen molar-refractivity contribution < 1.29 is 0 Å². The molecule has 0 amide bonds. The summed E-state index contributed by atoms with van der Waals surface area (Å²) in [7, 11) is 0. The molecule has 0 aromatic carbocycles. The van der Waals surface area contributed by atoms with E-state index < -0.39 is 0 Å². The first-order valence-corrected chi connectivity index (χ1v) is 4.91. The van der Waals surface area contributed by atoms with E-state index in [2.05, 4.69) is 25.8 Å². The highest BCUT2D eigenvalue weighted by molar-refractivity contribution is 5.09. The molecule has 0 N–H and O–H groups in total. The van der Waals surface area contributed by atoms with Gasteiger partial charge in [-0.05, 0) is 13.8 Å². The predicted octanol–water partition coefficient (Wildman–Crippen LogP) is 2.12. The third-order valence-corrected chi connectivity index (χ3v) is 2.15. The van der Waals surface area contributed by atoms with Crippen molar-refractivity contribution in [2.24, 2.45) is 0 Å². The number of hydrogen-bond donors (Lipinski definition) is 0. The molecule has 0 radical (unpaired) electrons. The zero-order valence-electron chi connectivity index (χ0n) is 9.53. The lowest BCUT2D eigenvalue weighted by molar-refractivity contribution is 0.522. The van der Waals surface area contributed by atoms with Gasteiger partial charge in [0.05, 0.1) is 11.9 Å². The lowest BCUT2D eigenvalue weighted by Crippen LogP contribution is -2.25. The summed E-state index contributed by atoms with van der Waals surface area (Å²) in [5.74, 6) is 0. The highest BCUT2D eigenvalue weighted by atomic mass is 16.1. The van der Waals surface area contributed by atoms with Gasteiger partial charge in [0.15, 0.2) is 0 Å². The molecule has 1 heterocycles. The minimum atomic E-state index is -0.0343. The summed E-state index contributed by atoms with van der Waals surface area (Å²) >= 11 is 0. The number of hydrogen-bond acceptors (Lipinski definition) is 2. The molecule has 1 rings (SSSR count). The fourth-order valence-electron chi connectivity index (χ4n) is 1.21. The minimum absolute atomic E-state index is 0.00958. The van der Waals surface area contributed by atoms with Crippen LogP contribution in [0.1, 0.15) is 46.4 Å². The van der Waals surface area contributed by atoms with Gasteiger partial charge in [0.1, 0.15) is 0 Å². The molecule has 78 valence electrons. The van der Waals surface area contributed by atoms with Crippen LogP contribution in [0.4, 0.5) is 0 Å². The number of rotatable bonds is 1. The number of aromatic nitrogens is 2. The maximum absolute atomic E-state index is 11.4. The normalized spacial score (nSPS) is 12.1. The Bertz CT molecular complexity index is 372. The first-order valence-electron chi connectivity index (χ1n) is 4.91. The van der Waals surface area contributed by atoms with Gasteiger partial charge in [0, 0.05) is 17.7 Å². The van der Waals surface area contributed by atoms with E-state index in [1.807, 2.05) is 20.0 Å². The molecule has 3 heteroatoms. The van der Waals surface area contributed by atoms with Crippen LogP contribution in [0.5, 0.6) is 0 Å². The van der Waals surface area contributed by atoms with Gasteiger partial charge in [-0.2, -0.15) is 0 Å². The second-order valence-corrected chi connectivity index (χ2v) is 4.86. The Morgan fingerprint density at radius 1 is 1.36 bits per heavy atom. The predicted molar refractivity (Wildman–Crippen MR) is 57.6 cm³/mol. The average Bonchev–Trinajstić information content (AvgIpc) is 2.02. The molecule has 0 atom stereocenters. The molecule has 0 spiro atoms. The highest BCUT2D eigenvalue weighted by Crippen LogP contribution is 2.18. The fraction of sp³-hybridized carbons (Fsp3) is 0.636. The molecule has 14 heavy (non-hydrogen) atoms. The van der Waals surface area contributed by atoms with Crippen LogP contribution in [0.25, 0.3) is 0 Å². The molecular formula is C11H18N2O. The Hall–Kier alpha value is -1.12. The molecule has 1 aromatic heterocycles. The van der Waals surface area contributed by atoms with Crippen LogP contribution in [0, 0.1) is 0 Å². The molecule has 0 unspecified atom stereocenters. The van der Waals surface area contributed by atoms with Crippen molar-refractivity contribution in [1.29, 1.82) is 0 Å². The summed E-state index contributed by atoms with van der Waals surface area (Å²) in [6, 6.07) is 0.187. The second-order valence-electron chi connectivity index (χ2n) is 4.86. The SMILES string of the molecule is CC(C)n1cc(C(C)(C)C)ncc1=O. The van der Waals surface area contributed by atoms with E-state index in [4.69, 9.17) is 0 Å². The highest BCUT2D eigenvalue weighted by Gasteiger charge is 2.16. The summed E-state index contributed by atoms with van der Waals surface area (Å²) in [6.07, 6.45) is 3.26. The summed E-state index contributed by atoms with van der Waals surface area (Å²) in [4.78, 5) is 15.6. The lowest BCUT2D eigenvalue weighted by Gasteiger charge is -2.19. The fourth-order valence-corrected chi connectivity index (χ4v) is 1.21. The van der Waals surface area contributed by atoms with Crippen molar-refractivity contribution in [3.8, 4) is 0 Å². The summed E-state index contributed by atoms with van der Waals surface area (Å²) in [5.41, 5.74) is 0.906. The van der Waals surface area contributed by atoms with Crippen LogP contribution in [0.2, 0.25) is 0 Å². The summed E-state index contributed by atoms with van der Waals surface area (Å²) in [6.45, 7) is 10.3. The third-order valence-electron chi connectivity index (χ3n) is 2.15. The average molecular weight is 194 g/mol. The Balaban J connectivity index is 3.27. The van der Waals surface area contributed by atoms with Gasteiger partial charge in [0.25, 0.3) is 5.56 Å². The Morgan fingerprint density at radius 3 is 2.36 bits per heavy atom. The van der Waals surface area contributed by atoms with Crippen LogP contribution in [-0.2, 0) is 5.41 Å². The van der Waals surface area contributed by atoms with Crippen molar-refractivity contribution in [3.05, 3.63) is 28.4 Å². The standard InChI is InChI=1S/C11H18N2O/c1-8(2)13-7-9(11(3,4)5)12-6-10(13)14/h6-8H,1-5H3. The number of nitrogens with zero attached hydrogens (tertiary/aromatic N) is 2. The maximum atomic E-state index is 11.4. The van der Waals surface area contributed by atoms with Crippen molar-refractivity contribution >= 4 is 0 Å². The van der Waals surface area contributed by atoms with Gasteiger partial charge in [0.2, 0.25) is 0 Å². The van der Waals surface area contributed by atoms with Crippen LogP contribution >= 0.6 is 0 Å². The van der Waals surface area contributed by atoms with E-state index in [0.29, 0.717) is 0 Å². The van der Waals surface area contributed by atoms with Gasteiger partial charge in [-0.15, -0.1) is 0 Å². The quantitative estimate of drug-likeness (QED) is 0.686. The summed E-state index contributed by atoms with van der Waals surface area (Å²) < 4.78 is 1.72. The van der Waals surface area contributed by atoms with E-state index in [9.17, 15) is 4.79 Å². The van der Waals surface area contributed by atoms with Gasteiger partial charge in [-0.1, -0.05) is 20.8 Å². The van der Waals surface area contributed by atoms with E-state index in [1.165, 1.54) is 6.20 Å². The van der Waals surface area contributed by atoms with Gasteiger partial charge in [-0.3, -0.25) is 9.78 Å². The van der Waals surface area contributed by atoms with Crippen molar-refractivity contribution in [2.75, 3.05) is 0 Å². The first-order chi connectivity index (χ1) is 6.32. The molecular weight excluding hydrogens is 176 g/mol. The molecule has 0 aliphatic carbocycles. The monoisotopic (exact) mass is 194 g/mol. The molecule has 0 saturated heterocycles. The van der Waals surface area contributed by atoms with E-state index in [1.54, 1.807) is 4.57 Å². The molecule has 0 aliphatic heterocycles. The zero-order chi connectivity index (χ0) is 10.9. The maximum Gasteiger partial charge on any atom is 0.269 e. The molecule has 3 nitrogen and oxygen atoms in total. The van der Waals surface area contributed by atoms with Crippen LogP contribution in [0.15, 0.2) is 17.2 Å². The van der Waals surface area contributed by atoms with Crippen molar-refractivity contribution in [1.82, 2.24) is 9.55 Å². The molecule has 0 aliphatic rings. The van der Waals surface area contributed by atoms with Crippen molar-refractivity contribution in [2.45, 2.75) is 46.1 Å². The van der Waals surface area contributed by atoms with Crippen LogP contribution < -0.4 is 5.56 Å². The van der Waals surface area contributed by atoms with Gasteiger partial charge in [-0.25, -0.2) is 0 Å². The van der Waals surface area contributed by atoms with Crippen molar-refractivity contribution in [3.63, 3.8) is 0 Å². The molecule has 0 fully saturated rings. The molecule has 1 aromatic rings. The van der Waals surface area contributed by atoms with E-state index in [0.717, 1.165) is 5.69 Å². The first kappa shape index (κ1) is 11.0. The largest absolute Gasteiger partial charge is 0.310 e. The van der Waals surface area contributed by atoms with Crippen LogP contribution in [0.3, 0.4) is 0 Å². The lowest BCUT2D eigenvalue weighted by atomic mass is 9.92. The van der Waals surface area contributed by atoms with E-state index >= 15 is 0 Å². The van der Waals surface area contributed by atoms with E-state index in [-0.39, 0.29) is 17.0 Å². The van der Waals surface area contributed by atoms with Gasteiger partial charge < -0.3 is 4.57 Å². The second kappa shape index (κ2) is 3.56. The topological polar surface area (TPSA) is 34.9 Å². The molecule has 0 bridgehead atoms. The summed E-state index contributed by atoms with van der Waals surface area (Å²) in [5, 5.41) is 0. The Morgan fingerprint density at radius 2 is 1.93 bits per heavy atom. The smallest absolute Gasteiger partial charge is 0.269 e.